The third-order valence-corrected chi connectivity index (χ3v) is 5.05. The molecule has 1 aromatic rings. The molecule has 0 aromatic carbocycles. The number of nitrogens with one attached hydrogen (secondary N) is 2. The van der Waals surface area contributed by atoms with E-state index in [1.807, 2.05) is 6.92 Å². The molecular weight excluding hydrogens is 334 g/mol. The molecule has 1 rings (SSSR count). The van der Waals surface area contributed by atoms with Crippen molar-refractivity contribution in [1.82, 2.24) is 20.8 Å². The molecule has 0 saturated heterocycles. The zero-order valence-corrected chi connectivity index (χ0v) is 13.7. The molecule has 4 N–H and O–H groups in total. The third kappa shape index (κ3) is 7.87. The van der Waals surface area contributed by atoms with Crippen molar-refractivity contribution in [2.75, 3.05) is 18.1 Å². The van der Waals surface area contributed by atoms with Crippen LogP contribution in [0.25, 0.3) is 0 Å². The minimum absolute atomic E-state index is 0.0642. The van der Waals surface area contributed by atoms with Gasteiger partial charge >= 0.3 is 6.03 Å². The van der Waals surface area contributed by atoms with Gasteiger partial charge in [0.2, 0.25) is 11.8 Å². The Bertz CT molecular complexity index is 508. The van der Waals surface area contributed by atoms with E-state index in [9.17, 15) is 14.4 Å². The van der Waals surface area contributed by atoms with Gasteiger partial charge in [0.05, 0.1) is 11.5 Å². The molecule has 0 aliphatic carbocycles. The lowest BCUT2D eigenvalue weighted by molar-refractivity contribution is -0.117. The van der Waals surface area contributed by atoms with Gasteiger partial charge in [0.25, 0.3) is 0 Å². The molecule has 11 heteroatoms. The zero-order chi connectivity index (χ0) is 15.7. The number of thioether (sulfide) groups is 2. The SMILES string of the molecule is CCCNC(=O)NC(=O)CSc1nnc(SCC(N)=O)s1. The maximum atomic E-state index is 11.5. The maximum Gasteiger partial charge on any atom is 0.321 e. The van der Waals surface area contributed by atoms with Crippen LogP contribution in [0.1, 0.15) is 13.3 Å². The molecule has 0 saturated carbocycles. The van der Waals surface area contributed by atoms with Crippen LogP contribution < -0.4 is 16.4 Å². The molecule has 116 valence electrons. The van der Waals surface area contributed by atoms with Crippen molar-refractivity contribution in [3.05, 3.63) is 0 Å². The second-order valence-electron chi connectivity index (χ2n) is 3.68. The van der Waals surface area contributed by atoms with Crippen LogP contribution in [0.5, 0.6) is 0 Å². The fourth-order valence-corrected chi connectivity index (χ4v) is 3.58. The molecule has 1 heterocycles. The van der Waals surface area contributed by atoms with Crippen LogP contribution in [0.4, 0.5) is 4.79 Å². The average molecular weight is 349 g/mol. The Morgan fingerprint density at radius 2 is 1.81 bits per heavy atom. The van der Waals surface area contributed by atoms with E-state index in [-0.39, 0.29) is 11.5 Å². The number of rotatable bonds is 8. The van der Waals surface area contributed by atoms with Crippen molar-refractivity contribution < 1.29 is 14.4 Å². The summed E-state index contributed by atoms with van der Waals surface area (Å²) in [4.78, 5) is 33.4. The molecule has 21 heavy (non-hydrogen) atoms. The van der Waals surface area contributed by atoms with Gasteiger partial charge in [0.15, 0.2) is 8.68 Å². The number of hydrogen-bond acceptors (Lipinski definition) is 8. The Kier molecular flexibility index (Phi) is 8.08. The Hall–Kier alpha value is -1.33. The van der Waals surface area contributed by atoms with Gasteiger partial charge in [-0.2, -0.15) is 0 Å². The Labute approximate surface area is 134 Å². The summed E-state index contributed by atoms with van der Waals surface area (Å²) in [7, 11) is 0. The van der Waals surface area contributed by atoms with Crippen LogP contribution in [0.2, 0.25) is 0 Å². The van der Waals surface area contributed by atoms with Crippen molar-refractivity contribution >= 4 is 52.7 Å². The number of imide groups is 1. The van der Waals surface area contributed by atoms with Crippen LogP contribution >= 0.6 is 34.9 Å². The van der Waals surface area contributed by atoms with E-state index in [1.165, 1.54) is 34.9 Å². The van der Waals surface area contributed by atoms with Gasteiger partial charge in [-0.15, -0.1) is 10.2 Å². The van der Waals surface area contributed by atoms with Gasteiger partial charge in [-0.05, 0) is 6.42 Å². The molecule has 0 unspecified atom stereocenters. The highest BCUT2D eigenvalue weighted by Gasteiger charge is 2.11. The van der Waals surface area contributed by atoms with Crippen molar-refractivity contribution in [2.24, 2.45) is 5.73 Å². The van der Waals surface area contributed by atoms with Crippen molar-refractivity contribution in [3.63, 3.8) is 0 Å². The molecule has 0 bridgehead atoms. The van der Waals surface area contributed by atoms with Crippen LogP contribution in [0.3, 0.4) is 0 Å². The standard InChI is InChI=1S/C10H15N5O3S3/c1-2-3-12-8(18)13-7(17)5-20-10-15-14-9(21-10)19-4-6(11)16/h2-5H2,1H3,(H2,11,16)(H2,12,13,17,18). The quantitative estimate of drug-likeness (QED) is 0.581. The van der Waals surface area contributed by atoms with Crippen molar-refractivity contribution in [2.45, 2.75) is 22.0 Å². The lowest BCUT2D eigenvalue weighted by Gasteiger charge is -2.04. The van der Waals surface area contributed by atoms with E-state index >= 15 is 0 Å². The summed E-state index contributed by atoms with van der Waals surface area (Å²) < 4.78 is 1.20. The number of hydrogen-bond donors (Lipinski definition) is 3. The van der Waals surface area contributed by atoms with Crippen molar-refractivity contribution in [1.29, 1.82) is 0 Å². The number of amides is 4. The van der Waals surface area contributed by atoms with E-state index in [0.29, 0.717) is 15.2 Å². The van der Waals surface area contributed by atoms with E-state index < -0.39 is 17.8 Å². The summed E-state index contributed by atoms with van der Waals surface area (Å²) in [5.74, 6) is -0.636. The molecule has 0 spiro atoms. The summed E-state index contributed by atoms with van der Waals surface area (Å²) in [5.41, 5.74) is 5.03. The largest absolute Gasteiger partial charge is 0.369 e. The lowest BCUT2D eigenvalue weighted by Crippen LogP contribution is -2.40. The molecule has 0 radical (unpaired) electrons. The van der Waals surface area contributed by atoms with Crippen LogP contribution in [0, 0.1) is 0 Å². The fourth-order valence-electron chi connectivity index (χ4n) is 1.02. The molecular formula is C10H15N5O3S3. The number of aromatic nitrogens is 2. The third-order valence-electron chi connectivity index (χ3n) is 1.84. The first-order valence-corrected chi connectivity index (χ1v) is 8.75. The summed E-state index contributed by atoms with van der Waals surface area (Å²) >= 11 is 3.63. The van der Waals surface area contributed by atoms with Gasteiger partial charge < -0.3 is 11.1 Å². The van der Waals surface area contributed by atoms with Crippen LogP contribution in [0.15, 0.2) is 8.68 Å². The number of urea groups is 1. The normalized spacial score (nSPS) is 10.1. The first kappa shape index (κ1) is 17.7. The molecule has 0 aliphatic rings. The summed E-state index contributed by atoms with van der Waals surface area (Å²) in [6.07, 6.45) is 0.799. The molecule has 0 atom stereocenters. The summed E-state index contributed by atoms with van der Waals surface area (Å²) in [5, 5.41) is 12.5. The predicted octanol–water partition coefficient (Wildman–Crippen LogP) is 0.443. The molecule has 8 nitrogen and oxygen atoms in total. The highest BCUT2D eigenvalue weighted by Crippen LogP contribution is 2.28. The fraction of sp³-hybridized carbons (Fsp3) is 0.500. The Balaban J connectivity index is 2.29. The van der Waals surface area contributed by atoms with Crippen molar-refractivity contribution in [3.8, 4) is 0 Å². The number of nitrogens with zero attached hydrogens (tertiary/aromatic N) is 2. The predicted molar refractivity (Wildman–Crippen MR) is 82.4 cm³/mol. The summed E-state index contributed by atoms with van der Waals surface area (Å²) in [6.45, 7) is 2.43. The number of primary amides is 1. The first-order chi connectivity index (χ1) is 10.0. The Morgan fingerprint density at radius 1 is 1.19 bits per heavy atom. The minimum Gasteiger partial charge on any atom is -0.369 e. The van der Waals surface area contributed by atoms with E-state index in [4.69, 9.17) is 5.73 Å². The van der Waals surface area contributed by atoms with Gasteiger partial charge in [-0.1, -0.05) is 41.8 Å². The topological polar surface area (TPSA) is 127 Å². The zero-order valence-electron chi connectivity index (χ0n) is 11.2. The average Bonchev–Trinajstić information content (AvgIpc) is 2.88. The molecule has 1 aromatic heterocycles. The second-order valence-corrected chi connectivity index (χ2v) is 7.10. The highest BCUT2D eigenvalue weighted by atomic mass is 32.2. The number of carbonyl (C=O) groups excluding carboxylic acids is 3. The first-order valence-electron chi connectivity index (χ1n) is 5.96. The smallest absolute Gasteiger partial charge is 0.321 e. The van der Waals surface area contributed by atoms with Gasteiger partial charge in [-0.25, -0.2) is 4.79 Å². The lowest BCUT2D eigenvalue weighted by atomic mass is 10.5. The van der Waals surface area contributed by atoms with Crippen LogP contribution in [-0.2, 0) is 9.59 Å². The number of carbonyl (C=O) groups is 3. The molecule has 4 amide bonds. The van der Waals surface area contributed by atoms with Gasteiger partial charge in [0.1, 0.15) is 0 Å². The van der Waals surface area contributed by atoms with E-state index in [1.54, 1.807) is 0 Å². The maximum absolute atomic E-state index is 11.5. The van der Waals surface area contributed by atoms with E-state index in [2.05, 4.69) is 20.8 Å². The molecule has 0 aliphatic heterocycles. The minimum atomic E-state index is -0.502. The van der Waals surface area contributed by atoms with Gasteiger partial charge in [0, 0.05) is 6.54 Å². The molecule has 0 fully saturated rings. The van der Waals surface area contributed by atoms with Crippen LogP contribution in [-0.4, -0.2) is 46.1 Å². The second kappa shape index (κ2) is 9.58. The monoisotopic (exact) mass is 349 g/mol. The Morgan fingerprint density at radius 3 is 2.38 bits per heavy atom. The number of nitrogens with two attached hydrogens (primary N) is 1. The van der Waals surface area contributed by atoms with Gasteiger partial charge in [-0.3, -0.25) is 14.9 Å². The van der Waals surface area contributed by atoms with E-state index in [0.717, 1.165) is 6.42 Å². The summed E-state index contributed by atoms with van der Waals surface area (Å²) in [6, 6.07) is -0.502. The highest BCUT2D eigenvalue weighted by molar-refractivity contribution is 8.03.